The number of ether oxygens (including phenoxy) is 2. The third kappa shape index (κ3) is 5.91. The molecular formula is C15H17B2BrO2S2. The van der Waals surface area contributed by atoms with Crippen molar-refractivity contribution in [3.05, 3.63) is 28.8 Å². The highest BCUT2D eigenvalue weighted by atomic mass is 79.9. The average Bonchev–Trinajstić information content (AvgIpc) is 2.42. The molecule has 0 bridgehead atoms. The van der Waals surface area contributed by atoms with Crippen molar-refractivity contribution in [1.82, 2.24) is 0 Å². The van der Waals surface area contributed by atoms with Crippen LogP contribution in [-0.4, -0.2) is 58.0 Å². The van der Waals surface area contributed by atoms with E-state index in [1.807, 2.05) is 23.5 Å². The van der Waals surface area contributed by atoms with Crippen molar-refractivity contribution in [2.45, 2.75) is 6.10 Å². The molecule has 0 atom stereocenters. The first-order chi connectivity index (χ1) is 10.6. The van der Waals surface area contributed by atoms with Crippen LogP contribution in [0.1, 0.15) is 0 Å². The predicted octanol–water partition coefficient (Wildman–Crippen LogP) is 1.84. The van der Waals surface area contributed by atoms with Crippen LogP contribution in [0.2, 0.25) is 0 Å². The van der Waals surface area contributed by atoms with Crippen molar-refractivity contribution in [2.75, 3.05) is 36.2 Å². The zero-order chi connectivity index (χ0) is 15.9. The van der Waals surface area contributed by atoms with Crippen LogP contribution in [0.4, 0.5) is 0 Å². The Hall–Kier alpha value is 0.0299. The van der Waals surface area contributed by atoms with Crippen LogP contribution in [0, 0.1) is 0 Å². The molecule has 0 spiro atoms. The van der Waals surface area contributed by atoms with Gasteiger partial charge in [-0.05, 0) is 15.9 Å². The van der Waals surface area contributed by atoms with Gasteiger partial charge >= 0.3 is 0 Å². The Morgan fingerprint density at radius 2 is 1.86 bits per heavy atom. The molecule has 22 heavy (non-hydrogen) atoms. The summed E-state index contributed by atoms with van der Waals surface area (Å²) in [7, 11) is 11.6. The Morgan fingerprint density at radius 1 is 1.18 bits per heavy atom. The maximum Gasteiger partial charge on any atom is 0.126 e. The molecule has 1 heterocycles. The van der Waals surface area contributed by atoms with E-state index in [0.29, 0.717) is 29.9 Å². The number of hydrogen-bond donors (Lipinski definition) is 0. The van der Waals surface area contributed by atoms with Gasteiger partial charge < -0.3 is 9.47 Å². The van der Waals surface area contributed by atoms with Gasteiger partial charge in [0.1, 0.15) is 28.0 Å². The number of benzene rings is 1. The first kappa shape index (κ1) is 18.4. The highest BCUT2D eigenvalue weighted by Gasteiger charge is 2.14. The lowest BCUT2D eigenvalue weighted by Gasteiger charge is -2.21. The van der Waals surface area contributed by atoms with E-state index in [2.05, 4.69) is 22.5 Å². The van der Waals surface area contributed by atoms with E-state index in [-0.39, 0.29) is 6.10 Å². The van der Waals surface area contributed by atoms with Crippen molar-refractivity contribution in [2.24, 2.45) is 0 Å². The maximum atomic E-state index is 5.91. The van der Waals surface area contributed by atoms with Crippen molar-refractivity contribution in [1.29, 1.82) is 0 Å². The molecule has 1 aliphatic rings. The molecule has 0 aliphatic carbocycles. The second-order valence-corrected chi connectivity index (χ2v) is 7.96. The van der Waals surface area contributed by atoms with Gasteiger partial charge in [-0.25, -0.2) is 0 Å². The van der Waals surface area contributed by atoms with Crippen LogP contribution in [0.25, 0.3) is 0 Å². The molecule has 0 unspecified atom stereocenters. The van der Waals surface area contributed by atoms with Crippen LogP contribution >= 0.6 is 39.5 Å². The number of halogens is 1. The number of thioether (sulfide) groups is 2. The van der Waals surface area contributed by atoms with E-state index < -0.39 is 0 Å². The van der Waals surface area contributed by atoms with Crippen LogP contribution in [0.3, 0.4) is 0 Å². The Balaban J connectivity index is 1.74. The van der Waals surface area contributed by atoms with Gasteiger partial charge in [-0.1, -0.05) is 35.2 Å². The first-order valence-corrected chi connectivity index (χ1v) is 10.1. The van der Waals surface area contributed by atoms with Crippen molar-refractivity contribution >= 4 is 66.1 Å². The molecule has 1 aliphatic heterocycles. The van der Waals surface area contributed by atoms with E-state index in [0.717, 1.165) is 27.5 Å². The third-order valence-corrected chi connectivity index (χ3v) is 6.03. The SMILES string of the molecule is [B]c1cc([B])c(OCCOC2CSCC(=C)CSC2)c(Br)c1. The topological polar surface area (TPSA) is 18.5 Å². The van der Waals surface area contributed by atoms with Gasteiger partial charge in [-0.2, -0.15) is 23.5 Å². The molecule has 1 aromatic carbocycles. The molecule has 1 aromatic rings. The van der Waals surface area contributed by atoms with Gasteiger partial charge in [0.2, 0.25) is 0 Å². The highest BCUT2D eigenvalue weighted by Crippen LogP contribution is 2.22. The maximum absolute atomic E-state index is 5.91. The van der Waals surface area contributed by atoms with E-state index >= 15 is 0 Å². The van der Waals surface area contributed by atoms with Crippen LogP contribution in [0.15, 0.2) is 28.8 Å². The van der Waals surface area contributed by atoms with Gasteiger partial charge in [0.25, 0.3) is 0 Å². The standard InChI is InChI=1S/C15H17B2BrO2S2/c1-10-6-21-8-12(9-22-7-10)19-2-3-20-15-13(17)4-11(16)5-14(15)18/h4-5,12H,1-3,6-9H2. The van der Waals surface area contributed by atoms with Crippen LogP contribution in [0.5, 0.6) is 5.75 Å². The zero-order valence-electron chi connectivity index (χ0n) is 12.3. The molecule has 7 heteroatoms. The minimum Gasteiger partial charge on any atom is -0.491 e. The van der Waals surface area contributed by atoms with Gasteiger partial charge in [0, 0.05) is 23.0 Å². The summed E-state index contributed by atoms with van der Waals surface area (Å²) in [4.78, 5) is 0. The lowest BCUT2D eigenvalue weighted by molar-refractivity contribution is 0.0605. The Kier molecular flexibility index (Phi) is 7.81. The molecule has 0 aromatic heterocycles. The van der Waals surface area contributed by atoms with Crippen LogP contribution in [-0.2, 0) is 4.74 Å². The van der Waals surface area contributed by atoms with Crippen molar-refractivity contribution in [3.63, 3.8) is 0 Å². The molecule has 0 amide bonds. The minimum atomic E-state index is 0.263. The second kappa shape index (κ2) is 9.36. The largest absolute Gasteiger partial charge is 0.491 e. The molecule has 0 N–H and O–H groups in total. The Morgan fingerprint density at radius 3 is 2.50 bits per heavy atom. The normalized spacial score (nSPS) is 17.0. The summed E-state index contributed by atoms with van der Waals surface area (Å²) in [5.41, 5.74) is 2.45. The summed E-state index contributed by atoms with van der Waals surface area (Å²) >= 11 is 7.18. The number of hydrogen-bond acceptors (Lipinski definition) is 4. The first-order valence-electron chi connectivity index (χ1n) is 6.97. The molecule has 1 fully saturated rings. The fraction of sp³-hybridized carbons (Fsp3) is 0.467. The highest BCUT2D eigenvalue weighted by molar-refractivity contribution is 9.10. The Bertz CT molecular complexity index is 493. The zero-order valence-corrected chi connectivity index (χ0v) is 15.6. The van der Waals surface area contributed by atoms with Gasteiger partial charge in [0.15, 0.2) is 0 Å². The lowest BCUT2D eigenvalue weighted by Crippen LogP contribution is -2.25. The quantitative estimate of drug-likeness (QED) is 0.431. The number of rotatable bonds is 5. The van der Waals surface area contributed by atoms with Crippen molar-refractivity contribution in [3.8, 4) is 5.75 Å². The third-order valence-electron chi connectivity index (χ3n) is 3.00. The summed E-state index contributed by atoms with van der Waals surface area (Å²) in [6, 6.07) is 3.47. The molecule has 1 saturated heterocycles. The minimum absolute atomic E-state index is 0.263. The fourth-order valence-corrected chi connectivity index (χ4v) is 4.86. The summed E-state index contributed by atoms with van der Waals surface area (Å²) in [6.07, 6.45) is 0.263. The Labute approximate surface area is 152 Å². The average molecular weight is 395 g/mol. The fourth-order valence-electron chi connectivity index (χ4n) is 2.00. The predicted molar refractivity (Wildman–Crippen MR) is 104 cm³/mol. The summed E-state index contributed by atoms with van der Waals surface area (Å²) < 4.78 is 12.4. The van der Waals surface area contributed by atoms with Crippen molar-refractivity contribution < 1.29 is 9.47 Å². The molecule has 2 rings (SSSR count). The molecule has 0 saturated carbocycles. The van der Waals surface area contributed by atoms with E-state index in [4.69, 9.17) is 25.2 Å². The van der Waals surface area contributed by atoms with Gasteiger partial charge in [0.05, 0.1) is 17.2 Å². The lowest BCUT2D eigenvalue weighted by atomic mass is 9.87. The van der Waals surface area contributed by atoms with E-state index in [1.54, 1.807) is 12.1 Å². The molecule has 2 nitrogen and oxygen atoms in total. The van der Waals surface area contributed by atoms with Crippen LogP contribution < -0.4 is 15.7 Å². The molecule has 114 valence electrons. The van der Waals surface area contributed by atoms with Gasteiger partial charge in [-0.3, -0.25) is 0 Å². The van der Waals surface area contributed by atoms with E-state index in [1.165, 1.54) is 5.57 Å². The monoisotopic (exact) mass is 394 g/mol. The summed E-state index contributed by atoms with van der Waals surface area (Å²) in [6.45, 7) is 5.05. The summed E-state index contributed by atoms with van der Waals surface area (Å²) in [5, 5.41) is 0. The summed E-state index contributed by atoms with van der Waals surface area (Å²) in [5.74, 6) is 4.67. The second-order valence-electron chi connectivity index (χ2n) is 5.04. The molecular weight excluding hydrogens is 378 g/mol. The molecule has 4 radical (unpaired) electrons. The van der Waals surface area contributed by atoms with Gasteiger partial charge in [-0.15, -0.1) is 0 Å². The van der Waals surface area contributed by atoms with E-state index in [9.17, 15) is 0 Å². The smallest absolute Gasteiger partial charge is 0.126 e.